The predicted octanol–water partition coefficient (Wildman–Crippen LogP) is 2.95. The molecule has 0 radical (unpaired) electrons. The second-order valence-electron chi connectivity index (χ2n) is 9.19. The van der Waals surface area contributed by atoms with Crippen LogP contribution in [0.1, 0.15) is 39.7 Å². The van der Waals surface area contributed by atoms with E-state index in [4.69, 9.17) is 14.2 Å². The van der Waals surface area contributed by atoms with Gasteiger partial charge in [-0.3, -0.25) is 13.9 Å². The SMILES string of the molecule is CC[C@H](C(=O)NC(C)C)N(Cc1ccc(OC)cc1)C(=O)CN(c1ccc2c(c1)OCCO2)S(=O)(=O)CC. The number of benzene rings is 2. The summed E-state index contributed by atoms with van der Waals surface area (Å²) in [7, 11) is -2.29. The minimum absolute atomic E-state index is 0.119. The van der Waals surface area contributed by atoms with Crippen LogP contribution in [0, 0.1) is 0 Å². The molecule has 1 aliphatic rings. The molecular weight excluding hydrogens is 510 g/mol. The van der Waals surface area contributed by atoms with E-state index in [9.17, 15) is 18.0 Å². The molecule has 0 unspecified atom stereocenters. The molecule has 0 aliphatic carbocycles. The molecule has 0 aromatic heterocycles. The number of nitrogens with one attached hydrogen (secondary N) is 1. The maximum absolute atomic E-state index is 13.9. The van der Waals surface area contributed by atoms with Crippen molar-refractivity contribution >= 4 is 27.5 Å². The van der Waals surface area contributed by atoms with Crippen LogP contribution in [-0.4, -0.2) is 69.8 Å². The summed E-state index contributed by atoms with van der Waals surface area (Å²) in [5.41, 5.74) is 1.06. The van der Waals surface area contributed by atoms with E-state index in [-0.39, 0.29) is 29.9 Å². The number of rotatable bonds is 12. The minimum Gasteiger partial charge on any atom is -0.497 e. The standard InChI is InChI=1S/C27H37N3O7S/c1-6-23(27(32)28-19(3)4)29(17-20-8-11-22(35-5)12-9-20)26(31)18-30(38(33,34)7-2)21-10-13-24-25(16-21)37-15-14-36-24/h8-13,16,19,23H,6-7,14-15,17-18H2,1-5H3,(H,28,32)/t23-/m1/s1. The molecule has 0 spiro atoms. The number of anilines is 1. The average Bonchev–Trinajstić information content (AvgIpc) is 2.91. The Bertz CT molecular complexity index is 1220. The van der Waals surface area contributed by atoms with Crippen LogP contribution in [0.4, 0.5) is 5.69 Å². The summed E-state index contributed by atoms with van der Waals surface area (Å²) in [6, 6.07) is 11.0. The first-order chi connectivity index (χ1) is 18.1. The Morgan fingerprint density at radius 2 is 1.68 bits per heavy atom. The fourth-order valence-corrected chi connectivity index (χ4v) is 5.19. The Kier molecular flexibility index (Phi) is 9.84. The van der Waals surface area contributed by atoms with Gasteiger partial charge in [-0.1, -0.05) is 19.1 Å². The highest BCUT2D eigenvalue weighted by atomic mass is 32.2. The van der Waals surface area contributed by atoms with Crippen LogP contribution in [0.5, 0.6) is 17.2 Å². The van der Waals surface area contributed by atoms with Crippen molar-refractivity contribution in [1.29, 1.82) is 0 Å². The zero-order valence-electron chi connectivity index (χ0n) is 22.6. The van der Waals surface area contributed by atoms with Crippen molar-refractivity contribution in [1.82, 2.24) is 10.2 Å². The summed E-state index contributed by atoms with van der Waals surface area (Å²) in [4.78, 5) is 28.4. The molecular formula is C27H37N3O7S. The molecule has 208 valence electrons. The summed E-state index contributed by atoms with van der Waals surface area (Å²) in [6.07, 6.45) is 0.352. The van der Waals surface area contributed by atoms with Gasteiger partial charge in [0.05, 0.1) is 18.6 Å². The molecule has 1 heterocycles. The van der Waals surface area contributed by atoms with E-state index in [1.807, 2.05) is 32.9 Å². The van der Waals surface area contributed by atoms with Gasteiger partial charge < -0.3 is 24.4 Å². The van der Waals surface area contributed by atoms with Gasteiger partial charge in [-0.2, -0.15) is 0 Å². The van der Waals surface area contributed by atoms with Crippen LogP contribution in [-0.2, 0) is 26.2 Å². The van der Waals surface area contributed by atoms with Crippen LogP contribution in [0.2, 0.25) is 0 Å². The van der Waals surface area contributed by atoms with Crippen molar-refractivity contribution in [3.8, 4) is 17.2 Å². The van der Waals surface area contributed by atoms with Crippen molar-refractivity contribution in [2.75, 3.05) is 36.9 Å². The van der Waals surface area contributed by atoms with E-state index in [1.165, 1.54) is 11.8 Å². The molecule has 0 fully saturated rings. The normalized spacial score (nSPS) is 13.5. The van der Waals surface area contributed by atoms with Gasteiger partial charge in [0.15, 0.2) is 11.5 Å². The highest BCUT2D eigenvalue weighted by Crippen LogP contribution is 2.35. The predicted molar refractivity (Wildman–Crippen MR) is 145 cm³/mol. The van der Waals surface area contributed by atoms with Gasteiger partial charge in [0, 0.05) is 18.7 Å². The van der Waals surface area contributed by atoms with Gasteiger partial charge >= 0.3 is 0 Å². The molecule has 38 heavy (non-hydrogen) atoms. The van der Waals surface area contributed by atoms with Gasteiger partial charge in [-0.25, -0.2) is 8.42 Å². The third-order valence-corrected chi connectivity index (χ3v) is 7.86. The molecule has 3 rings (SSSR count). The van der Waals surface area contributed by atoms with E-state index in [0.717, 1.165) is 9.87 Å². The van der Waals surface area contributed by atoms with Crippen LogP contribution >= 0.6 is 0 Å². The average molecular weight is 548 g/mol. The summed E-state index contributed by atoms with van der Waals surface area (Å²) in [6.45, 7) is 7.42. The smallest absolute Gasteiger partial charge is 0.244 e. The first-order valence-corrected chi connectivity index (χ1v) is 14.3. The number of hydrogen-bond donors (Lipinski definition) is 1. The maximum Gasteiger partial charge on any atom is 0.244 e. The molecule has 11 heteroatoms. The third kappa shape index (κ3) is 7.09. The molecule has 2 amide bonds. The Labute approximate surface area is 224 Å². The van der Waals surface area contributed by atoms with Crippen molar-refractivity contribution in [3.63, 3.8) is 0 Å². The van der Waals surface area contributed by atoms with E-state index >= 15 is 0 Å². The Morgan fingerprint density at radius 3 is 2.26 bits per heavy atom. The van der Waals surface area contributed by atoms with Crippen LogP contribution < -0.4 is 23.8 Å². The van der Waals surface area contributed by atoms with Gasteiger partial charge in [-0.05, 0) is 57.0 Å². The van der Waals surface area contributed by atoms with Crippen LogP contribution in [0.3, 0.4) is 0 Å². The molecule has 1 N–H and O–H groups in total. The Balaban J connectivity index is 1.97. The Hall–Kier alpha value is -3.47. The molecule has 0 bridgehead atoms. The molecule has 2 aromatic rings. The number of sulfonamides is 1. The van der Waals surface area contributed by atoms with E-state index in [1.54, 1.807) is 37.4 Å². The van der Waals surface area contributed by atoms with Gasteiger partial charge in [0.1, 0.15) is 31.5 Å². The lowest BCUT2D eigenvalue weighted by Crippen LogP contribution is -2.53. The fraction of sp³-hybridized carbons (Fsp3) is 0.481. The lowest BCUT2D eigenvalue weighted by Gasteiger charge is -2.33. The number of methoxy groups -OCH3 is 1. The number of hydrogen-bond acceptors (Lipinski definition) is 7. The van der Waals surface area contributed by atoms with E-state index in [2.05, 4.69) is 5.32 Å². The Morgan fingerprint density at radius 1 is 1.03 bits per heavy atom. The molecule has 1 atom stereocenters. The molecule has 0 saturated carbocycles. The van der Waals surface area contributed by atoms with Gasteiger partial charge in [0.2, 0.25) is 21.8 Å². The molecule has 2 aromatic carbocycles. The maximum atomic E-state index is 13.9. The summed E-state index contributed by atoms with van der Waals surface area (Å²) in [5.74, 6) is 0.577. The second kappa shape index (κ2) is 12.9. The zero-order valence-corrected chi connectivity index (χ0v) is 23.4. The summed E-state index contributed by atoms with van der Waals surface area (Å²) < 4.78 is 43.8. The summed E-state index contributed by atoms with van der Waals surface area (Å²) in [5, 5.41) is 2.88. The van der Waals surface area contributed by atoms with Crippen molar-refractivity contribution in [2.24, 2.45) is 0 Å². The second-order valence-corrected chi connectivity index (χ2v) is 11.4. The molecule has 1 aliphatic heterocycles. The zero-order chi connectivity index (χ0) is 27.9. The van der Waals surface area contributed by atoms with E-state index < -0.39 is 28.5 Å². The monoisotopic (exact) mass is 547 g/mol. The highest BCUT2D eigenvalue weighted by molar-refractivity contribution is 7.92. The van der Waals surface area contributed by atoms with Gasteiger partial charge in [-0.15, -0.1) is 0 Å². The van der Waals surface area contributed by atoms with Crippen molar-refractivity contribution in [2.45, 2.75) is 52.7 Å². The third-order valence-electron chi connectivity index (χ3n) is 6.12. The first kappa shape index (κ1) is 29.1. The van der Waals surface area contributed by atoms with E-state index in [0.29, 0.717) is 36.9 Å². The van der Waals surface area contributed by atoms with Crippen LogP contribution in [0.25, 0.3) is 0 Å². The first-order valence-electron chi connectivity index (χ1n) is 12.7. The number of fused-ring (bicyclic) bond motifs is 1. The minimum atomic E-state index is -3.85. The summed E-state index contributed by atoms with van der Waals surface area (Å²) >= 11 is 0. The quantitative estimate of drug-likeness (QED) is 0.435. The lowest BCUT2D eigenvalue weighted by atomic mass is 10.1. The number of carbonyl (C=O) groups excluding carboxylic acids is 2. The van der Waals surface area contributed by atoms with Gasteiger partial charge in [0.25, 0.3) is 0 Å². The molecule has 10 nitrogen and oxygen atoms in total. The fourth-order valence-electron chi connectivity index (χ4n) is 4.13. The number of amides is 2. The number of nitrogens with zero attached hydrogens (tertiary/aromatic N) is 2. The number of carbonyl (C=O) groups is 2. The number of ether oxygens (including phenoxy) is 3. The van der Waals surface area contributed by atoms with Crippen molar-refractivity contribution in [3.05, 3.63) is 48.0 Å². The lowest BCUT2D eigenvalue weighted by molar-refractivity contribution is -0.140. The largest absolute Gasteiger partial charge is 0.497 e. The van der Waals surface area contributed by atoms with Crippen LogP contribution in [0.15, 0.2) is 42.5 Å². The topological polar surface area (TPSA) is 114 Å². The molecule has 0 saturated heterocycles. The van der Waals surface area contributed by atoms with Crippen molar-refractivity contribution < 1.29 is 32.2 Å². The highest BCUT2D eigenvalue weighted by Gasteiger charge is 2.33.